The van der Waals surface area contributed by atoms with Gasteiger partial charge >= 0.3 is 0 Å². The average molecular weight is 460 g/mol. The van der Waals surface area contributed by atoms with Gasteiger partial charge in [0.05, 0.1) is 7.11 Å². The Bertz CT molecular complexity index is 812. The highest BCUT2D eigenvalue weighted by atomic mass is 35.5. The van der Waals surface area contributed by atoms with E-state index < -0.39 is 0 Å². The van der Waals surface area contributed by atoms with Gasteiger partial charge in [-0.3, -0.25) is 9.89 Å². The van der Waals surface area contributed by atoms with Gasteiger partial charge in [0.2, 0.25) is 0 Å². The van der Waals surface area contributed by atoms with Gasteiger partial charge in [-0.05, 0) is 25.2 Å². The third-order valence-electron chi connectivity index (χ3n) is 5.00. The summed E-state index contributed by atoms with van der Waals surface area (Å²) < 4.78 is 11.3. The maximum atomic E-state index is 12.7. The number of fused-ring (bicyclic) bond motifs is 1. The Labute approximate surface area is 189 Å². The summed E-state index contributed by atoms with van der Waals surface area (Å²) in [5.41, 5.74) is 3.04. The van der Waals surface area contributed by atoms with Crippen molar-refractivity contribution >= 4 is 36.4 Å². The molecule has 3 N–H and O–H groups in total. The first-order valence-electron chi connectivity index (χ1n) is 9.77. The van der Waals surface area contributed by atoms with E-state index >= 15 is 0 Å². The number of halogens is 2. The van der Waals surface area contributed by atoms with Gasteiger partial charge < -0.3 is 25.0 Å². The molecule has 10 heteroatoms. The average Bonchev–Trinajstić information content (AvgIpc) is 3.16. The normalized spacial score (nSPS) is 12.4. The molecule has 0 saturated carbocycles. The summed E-state index contributed by atoms with van der Waals surface area (Å²) in [6.07, 6.45) is 0.850. The van der Waals surface area contributed by atoms with E-state index in [1.807, 2.05) is 0 Å². The molecule has 30 heavy (non-hydrogen) atoms. The van der Waals surface area contributed by atoms with Crippen LogP contribution in [0.5, 0.6) is 11.5 Å². The van der Waals surface area contributed by atoms with Crippen LogP contribution in [0.1, 0.15) is 35.6 Å². The number of methoxy groups -OCH3 is 1. The number of amides is 1. The molecule has 0 saturated heterocycles. The van der Waals surface area contributed by atoms with Crippen LogP contribution in [0.15, 0.2) is 18.2 Å². The Morgan fingerprint density at radius 1 is 1.23 bits per heavy atom. The number of hydrogen-bond acceptors (Lipinski definition) is 6. The minimum absolute atomic E-state index is 0. The Kier molecular flexibility index (Phi) is 11.0. The van der Waals surface area contributed by atoms with Crippen molar-refractivity contribution in [2.24, 2.45) is 0 Å². The second-order valence-electron chi connectivity index (χ2n) is 6.65. The van der Waals surface area contributed by atoms with Gasteiger partial charge in [-0.1, -0.05) is 13.8 Å². The SMILES string of the molecule is CCN(CC)CCOc1cc(NC(=O)c2n[nH]c3c2CNCC3)ccc1OC.Cl.Cl. The van der Waals surface area contributed by atoms with Crippen LogP contribution in [0.3, 0.4) is 0 Å². The van der Waals surface area contributed by atoms with Crippen molar-refractivity contribution in [1.82, 2.24) is 20.4 Å². The molecule has 2 heterocycles. The number of H-pyrrole nitrogens is 1. The van der Waals surface area contributed by atoms with Crippen LogP contribution in [-0.4, -0.2) is 60.9 Å². The fraction of sp³-hybridized carbons (Fsp3) is 0.500. The highest BCUT2D eigenvalue weighted by Crippen LogP contribution is 2.30. The zero-order valence-corrected chi connectivity index (χ0v) is 19.3. The highest BCUT2D eigenvalue weighted by Gasteiger charge is 2.22. The number of benzene rings is 1. The predicted octanol–water partition coefficient (Wildman–Crippen LogP) is 2.88. The molecule has 0 spiro atoms. The number of anilines is 1. The quantitative estimate of drug-likeness (QED) is 0.533. The summed E-state index contributed by atoms with van der Waals surface area (Å²) in [6.45, 7) is 9.14. The fourth-order valence-electron chi connectivity index (χ4n) is 3.30. The van der Waals surface area contributed by atoms with Gasteiger partial charge in [-0.2, -0.15) is 5.10 Å². The van der Waals surface area contributed by atoms with Gasteiger partial charge in [0.25, 0.3) is 5.91 Å². The lowest BCUT2D eigenvalue weighted by atomic mass is 10.1. The lowest BCUT2D eigenvalue weighted by molar-refractivity contribution is 0.102. The third kappa shape index (κ3) is 6.25. The molecule has 1 aliphatic heterocycles. The van der Waals surface area contributed by atoms with Crippen molar-refractivity contribution in [2.75, 3.05) is 45.2 Å². The Hall–Kier alpha value is -2.00. The number of aromatic amines is 1. The highest BCUT2D eigenvalue weighted by molar-refractivity contribution is 6.04. The van der Waals surface area contributed by atoms with E-state index in [9.17, 15) is 4.79 Å². The zero-order chi connectivity index (χ0) is 19.9. The number of nitrogens with one attached hydrogen (secondary N) is 3. The first-order chi connectivity index (χ1) is 13.7. The third-order valence-corrected chi connectivity index (χ3v) is 5.00. The first kappa shape index (κ1) is 26.0. The summed E-state index contributed by atoms with van der Waals surface area (Å²) in [4.78, 5) is 15.0. The number of carbonyl (C=O) groups is 1. The van der Waals surface area contributed by atoms with Gasteiger partial charge in [0.15, 0.2) is 17.2 Å². The lowest BCUT2D eigenvalue weighted by Gasteiger charge is -2.19. The van der Waals surface area contributed by atoms with Crippen molar-refractivity contribution in [3.8, 4) is 11.5 Å². The monoisotopic (exact) mass is 459 g/mol. The number of rotatable bonds is 9. The molecule has 0 radical (unpaired) electrons. The molecule has 0 atom stereocenters. The van der Waals surface area contributed by atoms with E-state index in [-0.39, 0.29) is 30.7 Å². The largest absolute Gasteiger partial charge is 0.493 e. The summed E-state index contributed by atoms with van der Waals surface area (Å²) in [7, 11) is 1.61. The number of ether oxygens (including phenoxy) is 2. The van der Waals surface area contributed by atoms with Crippen LogP contribution in [0.25, 0.3) is 0 Å². The number of carbonyl (C=O) groups excluding carboxylic acids is 1. The van der Waals surface area contributed by atoms with E-state index in [4.69, 9.17) is 9.47 Å². The number of likely N-dealkylation sites (N-methyl/N-ethyl adjacent to an activating group) is 1. The predicted molar refractivity (Wildman–Crippen MR) is 123 cm³/mol. The van der Waals surface area contributed by atoms with Crippen molar-refractivity contribution in [3.05, 3.63) is 35.2 Å². The smallest absolute Gasteiger partial charge is 0.276 e. The Morgan fingerprint density at radius 3 is 2.70 bits per heavy atom. The van der Waals surface area contributed by atoms with E-state index in [0.717, 1.165) is 43.9 Å². The fourth-order valence-corrected chi connectivity index (χ4v) is 3.30. The molecule has 0 aliphatic carbocycles. The second kappa shape index (κ2) is 12.6. The molecule has 1 aromatic carbocycles. The van der Waals surface area contributed by atoms with Crippen molar-refractivity contribution < 1.29 is 14.3 Å². The summed E-state index contributed by atoms with van der Waals surface area (Å²) in [6, 6.07) is 5.38. The summed E-state index contributed by atoms with van der Waals surface area (Å²) >= 11 is 0. The minimum atomic E-state index is -0.236. The molecule has 1 amide bonds. The maximum absolute atomic E-state index is 12.7. The van der Waals surface area contributed by atoms with Crippen molar-refractivity contribution in [1.29, 1.82) is 0 Å². The first-order valence-corrected chi connectivity index (χ1v) is 9.77. The Morgan fingerprint density at radius 2 is 2.00 bits per heavy atom. The molecule has 8 nitrogen and oxygen atoms in total. The van der Waals surface area contributed by atoms with Crippen LogP contribution in [-0.2, 0) is 13.0 Å². The van der Waals surface area contributed by atoms with Gasteiger partial charge in [-0.15, -0.1) is 24.8 Å². The summed E-state index contributed by atoms with van der Waals surface area (Å²) in [5.74, 6) is 1.01. The topological polar surface area (TPSA) is 91.5 Å². The van der Waals surface area contributed by atoms with Gasteiger partial charge in [-0.25, -0.2) is 0 Å². The molecule has 0 fully saturated rings. The molecular formula is C20H31Cl2N5O3. The molecule has 0 unspecified atom stereocenters. The molecule has 168 valence electrons. The Balaban J connectivity index is 0.00000225. The second-order valence-corrected chi connectivity index (χ2v) is 6.65. The molecular weight excluding hydrogens is 429 g/mol. The van der Waals surface area contributed by atoms with Crippen LogP contribution in [0.4, 0.5) is 5.69 Å². The van der Waals surface area contributed by atoms with Crippen LogP contribution >= 0.6 is 24.8 Å². The summed E-state index contributed by atoms with van der Waals surface area (Å²) in [5, 5.41) is 13.4. The van der Waals surface area contributed by atoms with Crippen molar-refractivity contribution in [2.45, 2.75) is 26.8 Å². The van der Waals surface area contributed by atoms with Crippen LogP contribution < -0.4 is 20.1 Å². The minimum Gasteiger partial charge on any atom is -0.493 e. The molecule has 2 aromatic rings. The van der Waals surface area contributed by atoms with E-state index in [0.29, 0.717) is 36.0 Å². The molecule has 1 aromatic heterocycles. The van der Waals surface area contributed by atoms with Crippen molar-refractivity contribution in [3.63, 3.8) is 0 Å². The van der Waals surface area contributed by atoms with E-state index in [1.165, 1.54) is 0 Å². The molecule has 1 aliphatic rings. The van der Waals surface area contributed by atoms with Gasteiger partial charge in [0.1, 0.15) is 6.61 Å². The molecule has 0 bridgehead atoms. The number of aromatic nitrogens is 2. The van der Waals surface area contributed by atoms with Crippen LogP contribution in [0, 0.1) is 0 Å². The number of hydrogen-bond donors (Lipinski definition) is 3. The van der Waals surface area contributed by atoms with Crippen LogP contribution in [0.2, 0.25) is 0 Å². The lowest BCUT2D eigenvalue weighted by Crippen LogP contribution is -2.28. The zero-order valence-electron chi connectivity index (χ0n) is 17.6. The van der Waals surface area contributed by atoms with E-state index in [2.05, 4.69) is 39.6 Å². The van der Waals surface area contributed by atoms with Gasteiger partial charge in [0, 0.05) is 49.1 Å². The molecule has 3 rings (SSSR count). The standard InChI is InChI=1S/C20H29N5O3.2ClH/c1-4-25(5-2)10-11-28-18-12-14(6-7-17(18)27-3)22-20(26)19-15-13-21-9-8-16(15)23-24-19;;/h6-7,12,21H,4-5,8-11,13H2,1-3H3,(H,22,26)(H,23,24);2*1H. The maximum Gasteiger partial charge on any atom is 0.276 e. The van der Waals surface area contributed by atoms with E-state index in [1.54, 1.807) is 25.3 Å². The number of nitrogens with zero attached hydrogens (tertiary/aromatic N) is 2.